The lowest BCUT2D eigenvalue weighted by atomic mass is 10.0. The van der Waals surface area contributed by atoms with Gasteiger partial charge in [-0.1, -0.05) is 115 Å². The van der Waals surface area contributed by atoms with Gasteiger partial charge >= 0.3 is 5.97 Å². The van der Waals surface area contributed by atoms with E-state index in [1.54, 1.807) is 0 Å². The number of carboxylic acid groups (broad SMARTS) is 1. The fourth-order valence-corrected chi connectivity index (χ4v) is 2.65. The maximum absolute atomic E-state index is 10.3. The van der Waals surface area contributed by atoms with Gasteiger partial charge in [0.05, 0.1) is 0 Å². The summed E-state index contributed by atoms with van der Waals surface area (Å²) in [6, 6.07) is 0. The van der Waals surface area contributed by atoms with E-state index >= 15 is 0 Å². The third-order valence-corrected chi connectivity index (χ3v) is 3.99. The summed E-state index contributed by atoms with van der Waals surface area (Å²) >= 11 is 4.76. The van der Waals surface area contributed by atoms with Crippen molar-refractivity contribution >= 4 is 17.6 Å². The van der Waals surface area contributed by atoms with Gasteiger partial charge in [-0.05, 0) is 12.0 Å². The van der Waals surface area contributed by atoms with Crippen molar-refractivity contribution in [1.82, 2.24) is 0 Å². The Hall–Kier alpha value is -0.500. The van der Waals surface area contributed by atoms with Crippen molar-refractivity contribution in [3.8, 4) is 0 Å². The Kier molecular flexibility index (Phi) is 25.6. The smallest absolute Gasteiger partial charge is 0.303 e. The number of hydrogen-bond donors (Lipinski definition) is 1. The van der Waals surface area contributed by atoms with E-state index in [-0.39, 0.29) is 0 Å². The molecule has 0 amide bonds. The second kappa shape index (κ2) is 23.8. The van der Waals surface area contributed by atoms with Crippen LogP contribution in [-0.4, -0.2) is 11.1 Å². The van der Waals surface area contributed by atoms with Crippen LogP contribution < -0.4 is 0 Å². The molecule has 0 atom stereocenters. The molecule has 0 heterocycles. The van der Waals surface area contributed by atoms with Crippen LogP contribution in [0.1, 0.15) is 110 Å². The minimum Gasteiger partial charge on any atom is -0.481 e. The molecule has 0 fully saturated rings. The second-order valence-electron chi connectivity index (χ2n) is 6.25. The number of aliphatic carboxylic acids is 1. The zero-order valence-corrected chi connectivity index (χ0v) is 16.1. The van der Waals surface area contributed by atoms with Crippen LogP contribution in [0.3, 0.4) is 0 Å². The maximum Gasteiger partial charge on any atom is 0.303 e. The molecule has 0 aromatic carbocycles. The highest BCUT2D eigenvalue weighted by Crippen LogP contribution is 2.13. The quantitative estimate of drug-likeness (QED) is 0.290. The number of unbranched alkanes of at least 4 members (excludes halogenated alkanes) is 14. The molecular weight excluding hydrogens is 308 g/mol. The van der Waals surface area contributed by atoms with Crippen LogP contribution >= 0.6 is 11.6 Å². The molecule has 0 saturated carbocycles. The standard InChI is InChI=1S/C18H36O2.C2H3Cl/c1-2-3-4-5-6-7-8-9-10-11-12-13-14-15-16-17-18(19)20;1-2-3/h2-17H2,1H3,(H,19,20);2H,1H2. The lowest BCUT2D eigenvalue weighted by Crippen LogP contribution is -1.93. The molecule has 1 N–H and O–H groups in total. The Balaban J connectivity index is 0. The van der Waals surface area contributed by atoms with Crippen molar-refractivity contribution in [3.05, 3.63) is 12.1 Å². The first-order valence-electron chi connectivity index (χ1n) is 9.61. The van der Waals surface area contributed by atoms with Gasteiger partial charge in [0.25, 0.3) is 0 Å². The van der Waals surface area contributed by atoms with Gasteiger partial charge in [0.15, 0.2) is 0 Å². The average molecular weight is 347 g/mol. The van der Waals surface area contributed by atoms with E-state index < -0.39 is 5.97 Å². The molecule has 0 rings (SSSR count). The SMILES string of the molecule is C=CCl.CCCCCCCCCCCCCCCCCC(=O)O. The normalized spacial score (nSPS) is 10.0. The number of halogens is 1. The summed E-state index contributed by atoms with van der Waals surface area (Å²) in [6.07, 6.45) is 20.2. The van der Waals surface area contributed by atoms with E-state index in [1.807, 2.05) is 0 Å². The first-order chi connectivity index (χ1) is 11.2. The summed E-state index contributed by atoms with van der Waals surface area (Å²) in [7, 11) is 0. The van der Waals surface area contributed by atoms with Gasteiger partial charge < -0.3 is 5.11 Å². The zero-order chi connectivity index (χ0) is 17.6. The van der Waals surface area contributed by atoms with Gasteiger partial charge in [-0.25, -0.2) is 0 Å². The van der Waals surface area contributed by atoms with Gasteiger partial charge in [0, 0.05) is 6.42 Å². The molecule has 0 aliphatic rings. The first kappa shape index (κ1) is 24.7. The van der Waals surface area contributed by atoms with Crippen LogP contribution in [-0.2, 0) is 4.79 Å². The summed E-state index contributed by atoms with van der Waals surface area (Å²) < 4.78 is 0. The van der Waals surface area contributed by atoms with Crippen molar-refractivity contribution in [2.45, 2.75) is 110 Å². The van der Waals surface area contributed by atoms with Crippen molar-refractivity contribution in [2.75, 3.05) is 0 Å². The van der Waals surface area contributed by atoms with Crippen LogP contribution in [0.4, 0.5) is 0 Å². The van der Waals surface area contributed by atoms with Crippen LogP contribution in [0.25, 0.3) is 0 Å². The molecule has 0 saturated heterocycles. The Morgan fingerprint density at radius 2 is 1.04 bits per heavy atom. The molecule has 0 bridgehead atoms. The third-order valence-electron chi connectivity index (χ3n) is 3.99. The Bertz CT molecular complexity index is 242. The fourth-order valence-electron chi connectivity index (χ4n) is 2.65. The Morgan fingerprint density at radius 1 is 0.783 bits per heavy atom. The zero-order valence-electron chi connectivity index (χ0n) is 15.3. The van der Waals surface area contributed by atoms with E-state index in [9.17, 15) is 4.79 Å². The largest absolute Gasteiger partial charge is 0.481 e. The van der Waals surface area contributed by atoms with Crippen molar-refractivity contribution in [1.29, 1.82) is 0 Å². The Labute approximate surface area is 149 Å². The van der Waals surface area contributed by atoms with E-state index in [1.165, 1.54) is 89.0 Å². The second-order valence-corrected chi connectivity index (χ2v) is 6.56. The summed E-state index contributed by atoms with van der Waals surface area (Å²) in [5.74, 6) is -0.653. The lowest BCUT2D eigenvalue weighted by molar-refractivity contribution is -0.137. The minimum atomic E-state index is -0.653. The minimum absolute atomic E-state index is 0.345. The first-order valence-corrected chi connectivity index (χ1v) is 10.1. The number of hydrogen-bond acceptors (Lipinski definition) is 1. The topological polar surface area (TPSA) is 37.3 Å². The van der Waals surface area contributed by atoms with Crippen LogP contribution in [0.15, 0.2) is 12.1 Å². The molecule has 0 aromatic rings. The number of carbonyl (C=O) groups is 1. The van der Waals surface area contributed by atoms with Crippen LogP contribution in [0, 0.1) is 0 Å². The molecule has 0 unspecified atom stereocenters. The van der Waals surface area contributed by atoms with Gasteiger partial charge in [-0.3, -0.25) is 4.79 Å². The van der Waals surface area contributed by atoms with E-state index in [0.29, 0.717) is 6.42 Å². The van der Waals surface area contributed by atoms with Crippen LogP contribution in [0.2, 0.25) is 0 Å². The molecule has 0 aliphatic carbocycles. The molecule has 0 aliphatic heterocycles. The molecule has 0 spiro atoms. The lowest BCUT2D eigenvalue weighted by Gasteiger charge is -2.03. The number of rotatable bonds is 16. The van der Waals surface area contributed by atoms with Gasteiger partial charge in [0.1, 0.15) is 0 Å². The summed E-state index contributed by atoms with van der Waals surface area (Å²) in [6.45, 7) is 5.40. The van der Waals surface area contributed by atoms with E-state index in [2.05, 4.69) is 13.5 Å². The van der Waals surface area contributed by atoms with Crippen molar-refractivity contribution < 1.29 is 9.90 Å². The van der Waals surface area contributed by atoms with Crippen molar-refractivity contribution in [2.24, 2.45) is 0 Å². The molecular formula is C20H39ClO2. The molecule has 138 valence electrons. The maximum atomic E-state index is 10.3. The molecule has 3 heteroatoms. The Morgan fingerprint density at radius 3 is 1.30 bits per heavy atom. The highest BCUT2D eigenvalue weighted by molar-refractivity contribution is 6.25. The van der Waals surface area contributed by atoms with Crippen LogP contribution in [0.5, 0.6) is 0 Å². The van der Waals surface area contributed by atoms with Crippen molar-refractivity contribution in [3.63, 3.8) is 0 Å². The molecule has 0 aromatic heterocycles. The molecule has 2 nitrogen and oxygen atoms in total. The summed E-state index contributed by atoms with van der Waals surface area (Å²) in [4.78, 5) is 10.3. The monoisotopic (exact) mass is 346 g/mol. The summed E-state index contributed by atoms with van der Waals surface area (Å²) in [5.41, 5.74) is 1.22. The van der Waals surface area contributed by atoms with Gasteiger partial charge in [-0.15, -0.1) is 0 Å². The highest BCUT2D eigenvalue weighted by atomic mass is 35.5. The highest BCUT2D eigenvalue weighted by Gasteiger charge is 1.97. The predicted molar refractivity (Wildman–Crippen MR) is 103 cm³/mol. The van der Waals surface area contributed by atoms with Gasteiger partial charge in [-0.2, -0.15) is 0 Å². The van der Waals surface area contributed by atoms with E-state index in [0.717, 1.165) is 12.8 Å². The fraction of sp³-hybridized carbons (Fsp3) is 0.850. The third kappa shape index (κ3) is 30.0. The predicted octanol–water partition coefficient (Wildman–Crippen LogP) is 7.70. The van der Waals surface area contributed by atoms with E-state index in [4.69, 9.17) is 16.7 Å². The number of carboxylic acids is 1. The molecule has 23 heavy (non-hydrogen) atoms. The average Bonchev–Trinajstić information content (AvgIpc) is 2.51. The molecule has 0 radical (unpaired) electrons. The summed E-state index contributed by atoms with van der Waals surface area (Å²) in [5, 5.41) is 8.52. The van der Waals surface area contributed by atoms with Gasteiger partial charge in [0.2, 0.25) is 0 Å².